The second kappa shape index (κ2) is 7.25. The number of nitrogens with zero attached hydrogens (tertiary/aromatic N) is 5. The number of fused-ring (bicyclic) bond motifs is 1. The second-order valence-corrected chi connectivity index (χ2v) is 6.35. The van der Waals surface area contributed by atoms with Gasteiger partial charge >= 0.3 is 0 Å². The van der Waals surface area contributed by atoms with E-state index in [2.05, 4.69) is 15.2 Å². The number of hydrogen-bond acceptors (Lipinski definition) is 4. The first-order chi connectivity index (χ1) is 12.1. The summed E-state index contributed by atoms with van der Waals surface area (Å²) in [6.45, 7) is 3.51. The molecule has 0 unspecified atom stereocenters. The van der Waals surface area contributed by atoms with Gasteiger partial charge < -0.3 is 9.47 Å². The lowest BCUT2D eigenvalue weighted by molar-refractivity contribution is 0.0708. The Morgan fingerprint density at radius 2 is 1.96 bits per heavy atom. The van der Waals surface area contributed by atoms with Gasteiger partial charge in [-0.3, -0.25) is 9.78 Å². The standard InChI is InChI=1S/C18H16ClN5O.CH4/c1-12-5-4-6-13(16(12)19)18(25)23-9-10-24-15(11-23)21-22-17(24)14-7-2-3-8-20-14;/h2-8H,9-11H2,1H3;1H4. The molecular formula is C19H20ClN5O. The normalized spacial score (nSPS) is 13.1. The van der Waals surface area contributed by atoms with Crippen molar-refractivity contribution in [3.05, 3.63) is 64.6 Å². The molecule has 26 heavy (non-hydrogen) atoms. The zero-order valence-corrected chi connectivity index (χ0v) is 14.4. The third kappa shape index (κ3) is 3.08. The van der Waals surface area contributed by atoms with Crippen molar-refractivity contribution in [2.24, 2.45) is 0 Å². The Morgan fingerprint density at radius 1 is 1.12 bits per heavy atom. The van der Waals surface area contributed by atoms with Gasteiger partial charge in [-0.15, -0.1) is 10.2 Å². The first-order valence-electron chi connectivity index (χ1n) is 8.03. The summed E-state index contributed by atoms with van der Waals surface area (Å²) in [5.74, 6) is 1.41. The quantitative estimate of drug-likeness (QED) is 0.692. The van der Waals surface area contributed by atoms with E-state index in [0.29, 0.717) is 30.2 Å². The lowest BCUT2D eigenvalue weighted by Crippen LogP contribution is -2.38. The Kier molecular flexibility index (Phi) is 5.04. The number of carbonyl (C=O) groups is 1. The zero-order valence-electron chi connectivity index (χ0n) is 13.7. The highest BCUT2D eigenvalue weighted by molar-refractivity contribution is 6.34. The highest BCUT2D eigenvalue weighted by Gasteiger charge is 2.27. The average molecular weight is 370 g/mol. The van der Waals surface area contributed by atoms with E-state index in [1.807, 2.05) is 41.8 Å². The topological polar surface area (TPSA) is 63.9 Å². The SMILES string of the molecule is C.Cc1cccc(C(=O)N2CCn3c(nnc3-c3ccccn3)C2)c1Cl. The van der Waals surface area contributed by atoms with E-state index in [9.17, 15) is 4.79 Å². The predicted molar refractivity (Wildman–Crippen MR) is 101 cm³/mol. The van der Waals surface area contributed by atoms with Gasteiger partial charge in [-0.25, -0.2) is 0 Å². The van der Waals surface area contributed by atoms with Crippen LogP contribution in [0.5, 0.6) is 0 Å². The third-order valence-electron chi connectivity index (χ3n) is 4.36. The van der Waals surface area contributed by atoms with Gasteiger partial charge in [-0.2, -0.15) is 0 Å². The number of rotatable bonds is 2. The molecule has 0 N–H and O–H groups in total. The largest absolute Gasteiger partial charge is 0.329 e. The van der Waals surface area contributed by atoms with Crippen molar-refractivity contribution in [1.29, 1.82) is 0 Å². The van der Waals surface area contributed by atoms with Crippen LogP contribution in [0.2, 0.25) is 5.02 Å². The van der Waals surface area contributed by atoms with Crippen molar-refractivity contribution in [2.75, 3.05) is 6.54 Å². The molecule has 6 nitrogen and oxygen atoms in total. The second-order valence-electron chi connectivity index (χ2n) is 5.97. The van der Waals surface area contributed by atoms with Crippen molar-refractivity contribution >= 4 is 17.5 Å². The van der Waals surface area contributed by atoms with Crippen LogP contribution in [0.1, 0.15) is 29.2 Å². The van der Waals surface area contributed by atoms with Gasteiger partial charge in [0.15, 0.2) is 11.6 Å². The molecule has 1 amide bonds. The number of aryl methyl sites for hydroxylation is 1. The summed E-state index contributed by atoms with van der Waals surface area (Å²) in [6, 6.07) is 11.2. The average Bonchev–Trinajstić information content (AvgIpc) is 3.07. The molecule has 3 aromatic rings. The molecule has 0 fully saturated rings. The van der Waals surface area contributed by atoms with E-state index in [1.54, 1.807) is 17.2 Å². The van der Waals surface area contributed by atoms with Crippen LogP contribution in [0, 0.1) is 6.92 Å². The Morgan fingerprint density at radius 3 is 2.73 bits per heavy atom. The molecule has 0 bridgehead atoms. The highest BCUT2D eigenvalue weighted by atomic mass is 35.5. The van der Waals surface area contributed by atoms with Gasteiger partial charge in [0.25, 0.3) is 5.91 Å². The van der Waals surface area contributed by atoms with Gasteiger partial charge in [0.2, 0.25) is 0 Å². The molecule has 0 atom stereocenters. The van der Waals surface area contributed by atoms with Crippen LogP contribution in [-0.2, 0) is 13.1 Å². The molecule has 0 radical (unpaired) electrons. The smallest absolute Gasteiger partial charge is 0.255 e. The predicted octanol–water partition coefficient (Wildman–Crippen LogP) is 3.59. The molecule has 1 aliphatic rings. The summed E-state index contributed by atoms with van der Waals surface area (Å²) in [5.41, 5.74) is 2.20. The number of aromatic nitrogens is 4. The number of halogens is 1. The van der Waals surface area contributed by atoms with Gasteiger partial charge in [-0.1, -0.05) is 37.2 Å². The van der Waals surface area contributed by atoms with Crippen molar-refractivity contribution in [3.63, 3.8) is 0 Å². The van der Waals surface area contributed by atoms with Crippen LogP contribution in [0.15, 0.2) is 42.6 Å². The van der Waals surface area contributed by atoms with E-state index in [-0.39, 0.29) is 13.3 Å². The van der Waals surface area contributed by atoms with Crippen molar-refractivity contribution in [3.8, 4) is 11.5 Å². The number of pyridine rings is 1. The molecule has 3 heterocycles. The minimum atomic E-state index is -0.0812. The Hall–Kier alpha value is -2.73. The van der Waals surface area contributed by atoms with E-state index < -0.39 is 0 Å². The van der Waals surface area contributed by atoms with Crippen LogP contribution in [0.4, 0.5) is 0 Å². The molecule has 0 spiro atoms. The summed E-state index contributed by atoms with van der Waals surface area (Å²) in [6.07, 6.45) is 1.73. The van der Waals surface area contributed by atoms with E-state index in [1.165, 1.54) is 0 Å². The minimum absolute atomic E-state index is 0. The zero-order chi connectivity index (χ0) is 17.4. The molecule has 0 saturated heterocycles. The van der Waals surface area contributed by atoms with Crippen molar-refractivity contribution in [2.45, 2.75) is 27.4 Å². The van der Waals surface area contributed by atoms with Crippen molar-refractivity contribution in [1.82, 2.24) is 24.6 Å². The summed E-state index contributed by atoms with van der Waals surface area (Å²) in [7, 11) is 0. The van der Waals surface area contributed by atoms with Crippen LogP contribution in [0.3, 0.4) is 0 Å². The van der Waals surface area contributed by atoms with Gasteiger partial charge in [0.05, 0.1) is 17.1 Å². The molecule has 4 rings (SSSR count). The summed E-state index contributed by atoms with van der Waals surface area (Å²) in [4.78, 5) is 18.9. The number of benzene rings is 1. The van der Waals surface area contributed by atoms with Crippen LogP contribution in [0.25, 0.3) is 11.5 Å². The van der Waals surface area contributed by atoms with E-state index >= 15 is 0 Å². The Bertz CT molecular complexity index is 938. The summed E-state index contributed by atoms with van der Waals surface area (Å²) in [5, 5.41) is 9.01. The lowest BCUT2D eigenvalue weighted by atomic mass is 10.1. The van der Waals surface area contributed by atoms with Gasteiger partial charge in [0.1, 0.15) is 5.69 Å². The summed E-state index contributed by atoms with van der Waals surface area (Å²) >= 11 is 6.30. The maximum atomic E-state index is 12.8. The molecule has 2 aromatic heterocycles. The fourth-order valence-corrected chi connectivity index (χ4v) is 3.21. The molecule has 1 aromatic carbocycles. The van der Waals surface area contributed by atoms with Crippen molar-refractivity contribution < 1.29 is 4.79 Å². The fourth-order valence-electron chi connectivity index (χ4n) is 3.00. The minimum Gasteiger partial charge on any atom is -0.329 e. The highest BCUT2D eigenvalue weighted by Crippen LogP contribution is 2.25. The molecule has 7 heteroatoms. The Balaban J connectivity index is 0.00000196. The van der Waals surface area contributed by atoms with Crippen LogP contribution < -0.4 is 0 Å². The van der Waals surface area contributed by atoms with Crippen LogP contribution in [-0.4, -0.2) is 37.1 Å². The first kappa shape index (κ1) is 18.1. The molecule has 1 aliphatic heterocycles. The molecule has 0 aliphatic carbocycles. The Labute approximate surface area is 157 Å². The first-order valence-corrected chi connectivity index (χ1v) is 8.41. The number of amides is 1. The molecular weight excluding hydrogens is 350 g/mol. The summed E-state index contributed by atoms with van der Waals surface area (Å²) < 4.78 is 2.02. The number of hydrogen-bond donors (Lipinski definition) is 0. The molecule has 134 valence electrons. The maximum absolute atomic E-state index is 12.8. The fraction of sp³-hybridized carbons (Fsp3) is 0.263. The third-order valence-corrected chi connectivity index (χ3v) is 4.86. The van der Waals surface area contributed by atoms with E-state index in [0.717, 1.165) is 22.9 Å². The monoisotopic (exact) mass is 369 g/mol. The number of carbonyl (C=O) groups excluding carboxylic acids is 1. The maximum Gasteiger partial charge on any atom is 0.255 e. The van der Waals surface area contributed by atoms with E-state index in [4.69, 9.17) is 11.6 Å². The lowest BCUT2D eigenvalue weighted by Gasteiger charge is -2.28. The van der Waals surface area contributed by atoms with Gasteiger partial charge in [0, 0.05) is 19.3 Å². The van der Waals surface area contributed by atoms with Gasteiger partial charge in [-0.05, 0) is 30.7 Å². The molecule has 0 saturated carbocycles. The van der Waals surface area contributed by atoms with Crippen LogP contribution >= 0.6 is 11.6 Å².